The predicted octanol–water partition coefficient (Wildman–Crippen LogP) is 7.50. The maximum atomic E-state index is 7.51. The molecular weight excluding hydrogens is 418 g/mol. The van der Waals surface area contributed by atoms with Gasteiger partial charge < -0.3 is 16.5 Å². The van der Waals surface area contributed by atoms with Gasteiger partial charge in [0.25, 0.3) is 0 Å². The first-order valence-electron chi connectivity index (χ1n) is 12.7. The van der Waals surface area contributed by atoms with Crippen LogP contribution in [0.15, 0.2) is 54.3 Å². The lowest BCUT2D eigenvalue weighted by molar-refractivity contribution is 0.473. The molecule has 0 aliphatic carbocycles. The zero-order valence-electron chi connectivity index (χ0n) is 22.2. The Labute approximate surface area is 210 Å². The summed E-state index contributed by atoms with van der Waals surface area (Å²) in [7, 11) is 0. The van der Waals surface area contributed by atoms with E-state index in [9.17, 15) is 0 Å². The number of unbranched alkanes of at least 4 members (excludes halogenated alkanes) is 1. The molecule has 5 nitrogen and oxygen atoms in total. The van der Waals surface area contributed by atoms with Gasteiger partial charge in [-0.3, -0.25) is 4.99 Å². The van der Waals surface area contributed by atoms with Crippen LogP contribution in [0, 0.1) is 11.3 Å². The molecule has 0 aromatic carbocycles. The summed E-state index contributed by atoms with van der Waals surface area (Å²) in [6.07, 6.45) is 17.7. The molecular formula is C29H51N5. The highest BCUT2D eigenvalue weighted by Crippen LogP contribution is 2.40. The highest BCUT2D eigenvalue weighted by atomic mass is 15.0. The topological polar surface area (TPSA) is 87.2 Å². The van der Waals surface area contributed by atoms with Gasteiger partial charge >= 0.3 is 0 Å². The molecule has 0 amide bonds. The van der Waals surface area contributed by atoms with Crippen LogP contribution in [0.1, 0.15) is 85.2 Å². The molecule has 2 rings (SSSR count). The van der Waals surface area contributed by atoms with Crippen molar-refractivity contribution in [3.8, 4) is 0 Å². The summed E-state index contributed by atoms with van der Waals surface area (Å²) in [4.78, 5) is 8.36. The average Bonchev–Trinajstić information content (AvgIpc) is 3.17. The molecule has 4 N–H and O–H groups in total. The molecule has 1 aliphatic rings. The Balaban J connectivity index is 0. The molecule has 0 radical (unpaired) electrons. The number of rotatable bonds is 13. The summed E-state index contributed by atoms with van der Waals surface area (Å²) in [5.41, 5.74) is 8.78. The van der Waals surface area contributed by atoms with Crippen molar-refractivity contribution < 1.29 is 1.43 Å². The first-order valence-corrected chi connectivity index (χ1v) is 12.7. The van der Waals surface area contributed by atoms with E-state index < -0.39 is 0 Å². The molecule has 5 heteroatoms. The number of hydrogen-bond donors (Lipinski definition) is 3. The van der Waals surface area contributed by atoms with Gasteiger partial charge in [0, 0.05) is 37.6 Å². The number of pyridine rings is 1. The number of aryl methyl sites for hydroxylation is 1. The summed E-state index contributed by atoms with van der Waals surface area (Å²) in [6, 6.07) is 2.28. The zero-order valence-corrected chi connectivity index (χ0v) is 22.2. The second kappa shape index (κ2) is 18.8. The lowest BCUT2D eigenvalue weighted by Crippen LogP contribution is -2.25. The van der Waals surface area contributed by atoms with Gasteiger partial charge in [0.2, 0.25) is 0 Å². The third kappa shape index (κ3) is 12.1. The summed E-state index contributed by atoms with van der Waals surface area (Å²) in [5.74, 6) is 1.87. The van der Waals surface area contributed by atoms with Gasteiger partial charge in [-0.25, -0.2) is 4.98 Å². The Morgan fingerprint density at radius 1 is 1.29 bits per heavy atom. The summed E-state index contributed by atoms with van der Waals surface area (Å²) in [6.45, 7) is 20.9. The minimum Gasteiger partial charge on any atom is -0.369 e. The normalized spacial score (nSPS) is 17.0. The van der Waals surface area contributed by atoms with Crippen LogP contribution in [-0.4, -0.2) is 31.0 Å². The van der Waals surface area contributed by atoms with Crippen LogP contribution in [-0.2, 0) is 11.8 Å². The molecule has 0 spiro atoms. The fraction of sp³-hybridized carbons (Fsp3) is 0.552. The smallest absolute Gasteiger partial charge is 0.129 e. The van der Waals surface area contributed by atoms with Crippen molar-refractivity contribution in [2.45, 2.75) is 84.5 Å². The van der Waals surface area contributed by atoms with Crippen LogP contribution in [0.2, 0.25) is 0 Å². The van der Waals surface area contributed by atoms with E-state index in [1.807, 2.05) is 6.20 Å². The van der Waals surface area contributed by atoms with E-state index >= 15 is 0 Å². The first-order chi connectivity index (χ1) is 16.3. The molecule has 0 fully saturated rings. The van der Waals surface area contributed by atoms with Gasteiger partial charge in [-0.05, 0) is 68.5 Å². The van der Waals surface area contributed by atoms with E-state index in [1.165, 1.54) is 55.9 Å². The maximum Gasteiger partial charge on any atom is 0.129 e. The fourth-order valence-corrected chi connectivity index (χ4v) is 3.96. The monoisotopic (exact) mass is 469 g/mol. The Bertz CT molecular complexity index is 768. The largest absolute Gasteiger partial charge is 0.369 e. The van der Waals surface area contributed by atoms with Crippen molar-refractivity contribution in [2.75, 3.05) is 18.4 Å². The third-order valence-electron chi connectivity index (χ3n) is 5.95. The van der Waals surface area contributed by atoms with Crippen LogP contribution >= 0.6 is 0 Å². The molecule has 2 unspecified atom stereocenters. The number of allylic oxidation sites excluding steroid dienone is 3. The van der Waals surface area contributed by atoms with Gasteiger partial charge in [-0.15, -0.1) is 0 Å². The minimum atomic E-state index is -0.0430. The quantitative estimate of drug-likeness (QED) is 0.206. The average molecular weight is 470 g/mol. The highest BCUT2D eigenvalue weighted by Gasteiger charge is 2.35. The van der Waals surface area contributed by atoms with Gasteiger partial charge in [0.05, 0.1) is 0 Å². The molecule has 192 valence electrons. The number of nitrogens with two attached hydrogens (primary N) is 1. The van der Waals surface area contributed by atoms with E-state index in [-0.39, 0.29) is 6.84 Å². The second-order valence-corrected chi connectivity index (χ2v) is 9.26. The lowest BCUT2D eigenvalue weighted by atomic mass is 9.79. The van der Waals surface area contributed by atoms with Gasteiger partial charge in [-0.2, -0.15) is 0 Å². The van der Waals surface area contributed by atoms with Gasteiger partial charge in [-0.1, -0.05) is 72.3 Å². The van der Waals surface area contributed by atoms with Crippen molar-refractivity contribution in [2.24, 2.45) is 16.6 Å². The summed E-state index contributed by atoms with van der Waals surface area (Å²) in [5, 5.41) is 10.9. The van der Waals surface area contributed by atoms with Gasteiger partial charge in [0.15, 0.2) is 0 Å². The van der Waals surface area contributed by atoms with Crippen molar-refractivity contribution in [1.29, 1.82) is 5.41 Å². The molecule has 0 saturated heterocycles. The number of hydrogen-bond acceptors (Lipinski definition) is 5. The van der Waals surface area contributed by atoms with E-state index in [0.717, 1.165) is 43.2 Å². The van der Waals surface area contributed by atoms with E-state index in [0.29, 0.717) is 0 Å². The Morgan fingerprint density at radius 2 is 2.00 bits per heavy atom. The molecule has 2 atom stereocenters. The van der Waals surface area contributed by atoms with Crippen LogP contribution in [0.3, 0.4) is 0 Å². The van der Waals surface area contributed by atoms with Crippen molar-refractivity contribution in [3.05, 3.63) is 60.5 Å². The second-order valence-electron chi connectivity index (χ2n) is 9.26. The summed E-state index contributed by atoms with van der Waals surface area (Å²) >= 11 is 0. The number of aliphatic imine (C=N–C) groups is 1. The van der Waals surface area contributed by atoms with Crippen molar-refractivity contribution >= 4 is 18.7 Å². The molecule has 1 aromatic rings. The Kier molecular flexibility index (Phi) is 17.4. The van der Waals surface area contributed by atoms with E-state index in [2.05, 4.69) is 68.9 Å². The molecule has 34 heavy (non-hydrogen) atoms. The number of nitrogens with one attached hydrogen (secondary N) is 2. The van der Waals surface area contributed by atoms with Crippen LogP contribution in [0.25, 0.3) is 0 Å². The molecule has 1 aliphatic heterocycles. The van der Waals surface area contributed by atoms with Crippen molar-refractivity contribution in [1.82, 2.24) is 4.98 Å². The zero-order chi connectivity index (χ0) is 25.8. The number of nitrogens with zero attached hydrogens (tertiary/aromatic N) is 2. The lowest BCUT2D eigenvalue weighted by Gasteiger charge is -2.24. The van der Waals surface area contributed by atoms with E-state index in [1.54, 1.807) is 18.4 Å². The third-order valence-corrected chi connectivity index (χ3v) is 5.95. The molecule has 1 aromatic heterocycles. The van der Waals surface area contributed by atoms with Crippen molar-refractivity contribution in [3.63, 3.8) is 0 Å². The number of fused-ring (bicyclic) bond motifs is 1. The number of anilines is 1. The standard InChI is InChI=1S/C17H24N4.C8H19N.C4H6.H2/c1-4-5-6-13-7-15-16(20-11-13)21-12-17(15,2)8-14(9-18)10-19-3;1-3-5-8(2)6-4-7-9;1-3-4-2;/h7,9-11,18H,3-6,8,12H2,1-2H3,(H,20,21);8H,3-7,9H2,1-2H3;3-4H,1-2H2;1H/b14-10-,18-9?;;;. The number of aromatic nitrogens is 1. The first kappa shape index (κ1) is 31.5. The Hall–Kier alpha value is -2.53. The van der Waals surface area contributed by atoms with Gasteiger partial charge in [0.1, 0.15) is 5.82 Å². The molecule has 2 heterocycles. The maximum absolute atomic E-state index is 7.51. The van der Waals surface area contributed by atoms with E-state index in [4.69, 9.17) is 11.1 Å². The van der Waals surface area contributed by atoms with Crippen LogP contribution in [0.4, 0.5) is 5.82 Å². The van der Waals surface area contributed by atoms with Crippen LogP contribution < -0.4 is 11.1 Å². The predicted molar refractivity (Wildman–Crippen MR) is 155 cm³/mol. The molecule has 0 saturated carbocycles. The highest BCUT2D eigenvalue weighted by molar-refractivity contribution is 5.76. The minimum absolute atomic E-state index is 0. The Morgan fingerprint density at radius 3 is 2.53 bits per heavy atom. The SMILES string of the molecule is C=CC=C.C=N/C=C(\C=N)CC1(C)CNc2ncc(CCCC)cc21.CCCC(C)CCCN.[HH]. The fourth-order valence-electron chi connectivity index (χ4n) is 3.96. The molecule has 0 bridgehead atoms. The summed E-state index contributed by atoms with van der Waals surface area (Å²) < 4.78 is 0. The van der Waals surface area contributed by atoms with Crippen LogP contribution in [0.5, 0.6) is 0 Å².